The molecule has 16 heavy (non-hydrogen) atoms. The van der Waals surface area contributed by atoms with Crippen LogP contribution in [0.25, 0.3) is 0 Å². The quantitative estimate of drug-likeness (QED) is 0.516. The fourth-order valence-corrected chi connectivity index (χ4v) is 1.23. The van der Waals surface area contributed by atoms with E-state index >= 15 is 0 Å². The largest absolute Gasteiger partial charge is 0.399 e. The van der Waals surface area contributed by atoms with E-state index in [0.29, 0.717) is 13.1 Å². The molecule has 1 aromatic rings. The van der Waals surface area contributed by atoms with E-state index in [9.17, 15) is 4.79 Å². The first kappa shape index (κ1) is 12.1. The first-order valence-electron chi connectivity index (χ1n) is 5.19. The molecule has 0 radical (unpaired) electrons. The Kier molecular flexibility index (Phi) is 4.92. The van der Waals surface area contributed by atoms with Gasteiger partial charge in [0.1, 0.15) is 0 Å². The molecule has 0 saturated heterocycles. The zero-order chi connectivity index (χ0) is 11.8. The minimum absolute atomic E-state index is 0.171. The summed E-state index contributed by atoms with van der Waals surface area (Å²) in [6, 6.07) is 7.45. The lowest BCUT2D eigenvalue weighted by atomic mass is 10.1. The van der Waals surface area contributed by atoms with E-state index in [1.54, 1.807) is 6.08 Å². The van der Waals surface area contributed by atoms with Crippen LogP contribution in [0.15, 0.2) is 36.9 Å². The highest BCUT2D eigenvalue weighted by molar-refractivity contribution is 5.73. The number of nitrogens with one attached hydrogen (secondary N) is 2. The van der Waals surface area contributed by atoms with E-state index in [2.05, 4.69) is 17.2 Å². The van der Waals surface area contributed by atoms with Gasteiger partial charge in [-0.3, -0.25) is 0 Å². The van der Waals surface area contributed by atoms with Gasteiger partial charge in [0, 0.05) is 18.8 Å². The summed E-state index contributed by atoms with van der Waals surface area (Å²) >= 11 is 0. The van der Waals surface area contributed by atoms with Crippen molar-refractivity contribution in [2.45, 2.75) is 6.42 Å². The Morgan fingerprint density at radius 1 is 1.31 bits per heavy atom. The number of carbonyl (C=O) groups is 1. The normalized spacial score (nSPS) is 9.50. The van der Waals surface area contributed by atoms with Crippen LogP contribution in [0, 0.1) is 0 Å². The number of rotatable bonds is 5. The molecule has 4 N–H and O–H groups in total. The van der Waals surface area contributed by atoms with Crippen molar-refractivity contribution < 1.29 is 4.79 Å². The second-order valence-electron chi connectivity index (χ2n) is 3.42. The van der Waals surface area contributed by atoms with Crippen molar-refractivity contribution in [1.82, 2.24) is 10.6 Å². The van der Waals surface area contributed by atoms with Crippen LogP contribution in [-0.2, 0) is 6.42 Å². The van der Waals surface area contributed by atoms with Crippen LogP contribution in [0.3, 0.4) is 0 Å². The Morgan fingerprint density at radius 3 is 2.62 bits per heavy atom. The molecule has 2 amide bonds. The Bertz CT molecular complexity index is 346. The lowest BCUT2D eigenvalue weighted by molar-refractivity contribution is 0.242. The second-order valence-corrected chi connectivity index (χ2v) is 3.42. The van der Waals surface area contributed by atoms with Crippen molar-refractivity contribution in [1.29, 1.82) is 0 Å². The molecular weight excluding hydrogens is 202 g/mol. The lowest BCUT2D eigenvalue weighted by Gasteiger charge is -2.06. The number of anilines is 1. The molecule has 4 nitrogen and oxygen atoms in total. The van der Waals surface area contributed by atoms with Gasteiger partial charge >= 0.3 is 6.03 Å². The fourth-order valence-electron chi connectivity index (χ4n) is 1.23. The van der Waals surface area contributed by atoms with Crippen LogP contribution >= 0.6 is 0 Å². The minimum atomic E-state index is -0.171. The Hall–Kier alpha value is -1.97. The van der Waals surface area contributed by atoms with Crippen LogP contribution < -0.4 is 16.4 Å². The number of carbonyl (C=O) groups excluding carboxylic acids is 1. The van der Waals surface area contributed by atoms with Crippen LogP contribution in [-0.4, -0.2) is 19.1 Å². The smallest absolute Gasteiger partial charge is 0.315 e. The van der Waals surface area contributed by atoms with Crippen LogP contribution in [0.5, 0.6) is 0 Å². The van der Waals surface area contributed by atoms with Gasteiger partial charge in [-0.2, -0.15) is 0 Å². The highest BCUT2D eigenvalue weighted by Crippen LogP contribution is 2.05. The Morgan fingerprint density at radius 2 is 2.00 bits per heavy atom. The van der Waals surface area contributed by atoms with Crippen molar-refractivity contribution >= 4 is 11.7 Å². The van der Waals surface area contributed by atoms with Crippen molar-refractivity contribution in [2.75, 3.05) is 18.8 Å². The number of urea groups is 1. The molecule has 0 aliphatic rings. The number of benzene rings is 1. The first-order chi connectivity index (χ1) is 7.72. The van der Waals surface area contributed by atoms with Crippen LogP contribution in [0.2, 0.25) is 0 Å². The second kappa shape index (κ2) is 6.50. The predicted octanol–water partition coefficient (Wildman–Crippen LogP) is 1.30. The van der Waals surface area contributed by atoms with Crippen molar-refractivity contribution in [3.8, 4) is 0 Å². The van der Waals surface area contributed by atoms with Gasteiger partial charge < -0.3 is 16.4 Å². The average molecular weight is 219 g/mol. The molecule has 1 rings (SSSR count). The van der Waals surface area contributed by atoms with Crippen molar-refractivity contribution in [3.63, 3.8) is 0 Å². The lowest BCUT2D eigenvalue weighted by Crippen LogP contribution is -2.36. The van der Waals surface area contributed by atoms with E-state index in [4.69, 9.17) is 5.73 Å². The topological polar surface area (TPSA) is 67.2 Å². The van der Waals surface area contributed by atoms with E-state index in [-0.39, 0.29) is 6.03 Å². The van der Waals surface area contributed by atoms with E-state index in [1.807, 2.05) is 24.3 Å². The third-order valence-electron chi connectivity index (χ3n) is 2.09. The van der Waals surface area contributed by atoms with Crippen molar-refractivity contribution in [2.24, 2.45) is 0 Å². The Labute approximate surface area is 95.5 Å². The molecule has 0 aliphatic heterocycles. The summed E-state index contributed by atoms with van der Waals surface area (Å²) in [5.41, 5.74) is 7.47. The number of hydrogen-bond acceptors (Lipinski definition) is 2. The third-order valence-corrected chi connectivity index (χ3v) is 2.09. The van der Waals surface area contributed by atoms with Crippen molar-refractivity contribution in [3.05, 3.63) is 42.5 Å². The van der Waals surface area contributed by atoms with Crippen LogP contribution in [0.4, 0.5) is 10.5 Å². The Balaban J connectivity index is 2.22. The molecule has 0 aromatic heterocycles. The molecule has 0 unspecified atom stereocenters. The molecule has 86 valence electrons. The van der Waals surface area contributed by atoms with E-state index in [1.165, 1.54) is 0 Å². The number of nitrogen functional groups attached to an aromatic ring is 1. The van der Waals surface area contributed by atoms with Crippen LogP contribution in [0.1, 0.15) is 5.56 Å². The highest BCUT2D eigenvalue weighted by Gasteiger charge is 1.97. The van der Waals surface area contributed by atoms with Gasteiger partial charge in [-0.25, -0.2) is 4.79 Å². The molecule has 0 aliphatic carbocycles. The number of amides is 2. The SMILES string of the molecule is C=CCNC(=O)NCCc1ccc(N)cc1. The van der Waals surface area contributed by atoms with Gasteiger partial charge in [0.05, 0.1) is 0 Å². The van der Waals surface area contributed by atoms with Gasteiger partial charge in [0.25, 0.3) is 0 Å². The monoisotopic (exact) mass is 219 g/mol. The van der Waals surface area contributed by atoms with E-state index in [0.717, 1.165) is 17.7 Å². The molecule has 0 heterocycles. The summed E-state index contributed by atoms with van der Waals surface area (Å²) < 4.78 is 0. The minimum Gasteiger partial charge on any atom is -0.399 e. The average Bonchev–Trinajstić information content (AvgIpc) is 2.29. The third kappa shape index (κ3) is 4.50. The first-order valence-corrected chi connectivity index (χ1v) is 5.19. The fraction of sp³-hybridized carbons (Fsp3) is 0.250. The molecule has 4 heteroatoms. The molecule has 0 fully saturated rings. The maximum Gasteiger partial charge on any atom is 0.315 e. The summed E-state index contributed by atoms with van der Waals surface area (Å²) in [5, 5.41) is 5.39. The molecule has 0 bridgehead atoms. The summed E-state index contributed by atoms with van der Waals surface area (Å²) in [6.07, 6.45) is 2.43. The molecular formula is C12H17N3O. The molecule has 0 spiro atoms. The molecule has 0 atom stereocenters. The van der Waals surface area contributed by atoms with Gasteiger partial charge in [-0.1, -0.05) is 18.2 Å². The van der Waals surface area contributed by atoms with Gasteiger partial charge in [-0.15, -0.1) is 6.58 Å². The standard InChI is InChI=1S/C12H17N3O/c1-2-8-14-12(16)15-9-7-10-3-5-11(13)6-4-10/h2-6H,1,7-9,13H2,(H2,14,15,16). The molecule has 1 aromatic carbocycles. The van der Waals surface area contributed by atoms with Gasteiger partial charge in [-0.05, 0) is 24.1 Å². The maximum absolute atomic E-state index is 11.2. The summed E-state index contributed by atoms with van der Waals surface area (Å²) in [7, 11) is 0. The maximum atomic E-state index is 11.2. The zero-order valence-electron chi connectivity index (χ0n) is 9.20. The number of hydrogen-bond donors (Lipinski definition) is 3. The van der Waals surface area contributed by atoms with Gasteiger partial charge in [0.15, 0.2) is 0 Å². The molecule has 0 saturated carbocycles. The summed E-state index contributed by atoms with van der Waals surface area (Å²) in [5.74, 6) is 0. The predicted molar refractivity (Wildman–Crippen MR) is 66.2 cm³/mol. The number of nitrogens with two attached hydrogens (primary N) is 1. The summed E-state index contributed by atoms with van der Waals surface area (Å²) in [4.78, 5) is 11.2. The van der Waals surface area contributed by atoms with E-state index < -0.39 is 0 Å². The zero-order valence-corrected chi connectivity index (χ0v) is 9.20. The summed E-state index contributed by atoms with van der Waals surface area (Å²) in [6.45, 7) is 4.60. The highest BCUT2D eigenvalue weighted by atomic mass is 16.2. The van der Waals surface area contributed by atoms with Gasteiger partial charge in [0.2, 0.25) is 0 Å².